The molecular weight excluding hydrogens is 410 g/mol. The van der Waals surface area contributed by atoms with E-state index >= 15 is 0 Å². The zero-order chi connectivity index (χ0) is 21.2. The second-order valence-electron chi connectivity index (χ2n) is 6.89. The number of carbonyl (C=O) groups is 1. The smallest absolute Gasteiger partial charge is 0.339 e. The molecule has 152 valence electrons. The number of anilines is 1. The van der Waals surface area contributed by atoms with Gasteiger partial charge in [0.15, 0.2) is 0 Å². The minimum atomic E-state index is -3.97. The summed E-state index contributed by atoms with van der Waals surface area (Å²) in [7, 11) is -3.97. The second kappa shape index (κ2) is 8.30. The molecule has 29 heavy (non-hydrogen) atoms. The maximum atomic E-state index is 12.6. The van der Waals surface area contributed by atoms with Crippen molar-refractivity contribution in [2.75, 3.05) is 5.32 Å². The third kappa shape index (κ3) is 4.99. The maximum Gasteiger partial charge on any atom is 0.339 e. The Bertz CT molecular complexity index is 1140. The van der Waals surface area contributed by atoms with Gasteiger partial charge in [0.25, 0.3) is 5.91 Å². The van der Waals surface area contributed by atoms with E-state index in [2.05, 4.69) is 15.5 Å². The molecule has 0 fully saturated rings. The molecule has 0 radical (unpaired) electrons. The van der Waals surface area contributed by atoms with Crippen molar-refractivity contribution >= 4 is 32.5 Å². The largest absolute Gasteiger partial charge is 0.379 e. The Morgan fingerprint density at radius 2 is 1.76 bits per heavy atom. The fourth-order valence-corrected chi connectivity index (χ4v) is 4.49. The van der Waals surface area contributed by atoms with Crippen molar-refractivity contribution < 1.29 is 17.4 Å². The molecule has 1 N–H and O–H groups in total. The molecule has 1 aromatic heterocycles. The van der Waals surface area contributed by atoms with Crippen LogP contribution in [-0.2, 0) is 10.1 Å². The molecule has 0 unspecified atom stereocenters. The standard InChI is InChI=1S/C20H21N3O4S2/c1-12(2)19-22-23-20(28-19)21-18(24)15-7-9-16(10-8-15)27-29(25,26)17-11-13(3)5-6-14(17)4/h5-12H,1-4H3,(H,21,23,24). The zero-order valence-corrected chi connectivity index (χ0v) is 18.1. The molecule has 0 atom stereocenters. The predicted octanol–water partition coefficient (Wildman–Crippen LogP) is 4.30. The summed E-state index contributed by atoms with van der Waals surface area (Å²) in [6, 6.07) is 11.0. The lowest BCUT2D eigenvalue weighted by atomic mass is 10.2. The van der Waals surface area contributed by atoms with Crippen molar-refractivity contribution in [3.05, 3.63) is 64.2 Å². The van der Waals surface area contributed by atoms with Gasteiger partial charge >= 0.3 is 10.1 Å². The lowest BCUT2D eigenvalue weighted by Gasteiger charge is -2.10. The Balaban J connectivity index is 1.72. The molecule has 0 aliphatic heterocycles. The highest BCUT2D eigenvalue weighted by Gasteiger charge is 2.20. The van der Waals surface area contributed by atoms with Crippen LogP contribution >= 0.6 is 11.3 Å². The molecule has 1 amide bonds. The van der Waals surface area contributed by atoms with Crippen LogP contribution in [0.4, 0.5) is 5.13 Å². The SMILES string of the molecule is Cc1ccc(C)c(S(=O)(=O)Oc2ccc(C(=O)Nc3nnc(C(C)C)s3)cc2)c1. The van der Waals surface area contributed by atoms with Gasteiger partial charge in [0.2, 0.25) is 5.13 Å². The third-order valence-corrected chi connectivity index (χ3v) is 6.62. The number of hydrogen-bond donors (Lipinski definition) is 1. The molecule has 0 spiro atoms. The molecule has 0 saturated heterocycles. The molecule has 0 saturated carbocycles. The van der Waals surface area contributed by atoms with E-state index in [9.17, 15) is 13.2 Å². The van der Waals surface area contributed by atoms with Gasteiger partial charge in [-0.3, -0.25) is 10.1 Å². The van der Waals surface area contributed by atoms with Crippen molar-refractivity contribution in [2.45, 2.75) is 38.5 Å². The van der Waals surface area contributed by atoms with Gasteiger partial charge in [-0.05, 0) is 55.3 Å². The summed E-state index contributed by atoms with van der Waals surface area (Å²) in [5.41, 5.74) is 1.77. The van der Waals surface area contributed by atoms with E-state index in [1.54, 1.807) is 19.1 Å². The van der Waals surface area contributed by atoms with Gasteiger partial charge in [0.1, 0.15) is 15.7 Å². The highest BCUT2D eigenvalue weighted by Crippen LogP contribution is 2.24. The molecular formula is C20H21N3O4S2. The summed E-state index contributed by atoms with van der Waals surface area (Å²) in [6.45, 7) is 7.52. The Morgan fingerprint density at radius 1 is 1.07 bits per heavy atom. The number of rotatable bonds is 6. The number of aryl methyl sites for hydroxylation is 2. The summed E-state index contributed by atoms with van der Waals surface area (Å²) in [4.78, 5) is 12.5. The van der Waals surface area contributed by atoms with Crippen molar-refractivity contribution in [3.63, 3.8) is 0 Å². The highest BCUT2D eigenvalue weighted by molar-refractivity contribution is 7.87. The molecule has 0 aliphatic rings. The zero-order valence-electron chi connectivity index (χ0n) is 16.5. The van der Waals surface area contributed by atoms with Gasteiger partial charge in [-0.15, -0.1) is 10.2 Å². The first-order valence-corrected chi connectivity index (χ1v) is 11.1. The average molecular weight is 432 g/mol. The van der Waals surface area contributed by atoms with E-state index in [1.165, 1.54) is 35.6 Å². The number of amides is 1. The van der Waals surface area contributed by atoms with Crippen molar-refractivity contribution in [2.24, 2.45) is 0 Å². The minimum Gasteiger partial charge on any atom is -0.379 e. The Labute approximate surface area is 173 Å². The second-order valence-corrected chi connectivity index (χ2v) is 9.41. The molecule has 7 nitrogen and oxygen atoms in total. The number of benzene rings is 2. The molecule has 0 aliphatic carbocycles. The van der Waals surface area contributed by atoms with Crippen LogP contribution in [0.3, 0.4) is 0 Å². The topological polar surface area (TPSA) is 98.2 Å². The van der Waals surface area contributed by atoms with Crippen molar-refractivity contribution in [1.29, 1.82) is 0 Å². The number of aromatic nitrogens is 2. The summed E-state index contributed by atoms with van der Waals surface area (Å²) >= 11 is 1.32. The number of nitrogens with one attached hydrogen (secondary N) is 1. The van der Waals surface area contributed by atoms with Crippen molar-refractivity contribution in [1.82, 2.24) is 10.2 Å². The third-order valence-electron chi connectivity index (χ3n) is 4.09. The van der Waals surface area contributed by atoms with Crippen LogP contribution in [0.25, 0.3) is 0 Å². The number of nitrogens with zero attached hydrogens (tertiary/aromatic N) is 2. The summed E-state index contributed by atoms with van der Waals surface area (Å²) in [6.07, 6.45) is 0. The van der Waals surface area contributed by atoms with Gasteiger partial charge in [-0.1, -0.05) is 37.3 Å². The van der Waals surface area contributed by atoms with Crippen LogP contribution < -0.4 is 9.50 Å². The van der Waals surface area contributed by atoms with E-state index in [0.717, 1.165) is 10.6 Å². The van der Waals surface area contributed by atoms with E-state index in [1.807, 2.05) is 26.8 Å². The van der Waals surface area contributed by atoms with E-state index in [4.69, 9.17) is 4.18 Å². The summed E-state index contributed by atoms with van der Waals surface area (Å²) < 4.78 is 30.4. The van der Waals surface area contributed by atoms with Crippen LogP contribution in [0.1, 0.15) is 46.3 Å². The average Bonchev–Trinajstić information content (AvgIpc) is 3.12. The van der Waals surface area contributed by atoms with Crippen LogP contribution in [0.2, 0.25) is 0 Å². The van der Waals surface area contributed by atoms with Gasteiger partial charge in [0, 0.05) is 11.5 Å². The number of carbonyl (C=O) groups excluding carboxylic acids is 1. The van der Waals surface area contributed by atoms with Crippen LogP contribution in [0.15, 0.2) is 47.4 Å². The van der Waals surface area contributed by atoms with Crippen LogP contribution in [0.5, 0.6) is 5.75 Å². The van der Waals surface area contributed by atoms with E-state index in [-0.39, 0.29) is 22.5 Å². The van der Waals surface area contributed by atoms with E-state index < -0.39 is 10.1 Å². The molecule has 3 aromatic rings. The predicted molar refractivity (Wildman–Crippen MR) is 112 cm³/mol. The van der Waals surface area contributed by atoms with Crippen LogP contribution in [-0.4, -0.2) is 24.5 Å². The summed E-state index contributed by atoms with van der Waals surface area (Å²) in [5.74, 6) is -0.00516. The first kappa shape index (κ1) is 20.9. The minimum absolute atomic E-state index is 0.122. The Morgan fingerprint density at radius 3 is 2.38 bits per heavy atom. The number of hydrogen-bond acceptors (Lipinski definition) is 7. The molecule has 9 heteroatoms. The normalized spacial score (nSPS) is 11.5. The first-order chi connectivity index (χ1) is 13.7. The highest BCUT2D eigenvalue weighted by atomic mass is 32.2. The first-order valence-electron chi connectivity index (χ1n) is 8.92. The van der Waals surface area contributed by atoms with Gasteiger partial charge in [0.05, 0.1) is 0 Å². The Kier molecular flexibility index (Phi) is 5.99. The fourth-order valence-electron chi connectivity index (χ4n) is 2.50. The molecule has 2 aromatic carbocycles. The Hall–Kier alpha value is -2.78. The summed E-state index contributed by atoms with van der Waals surface area (Å²) in [5, 5.41) is 11.9. The molecule has 1 heterocycles. The maximum absolute atomic E-state index is 12.6. The molecule has 0 bridgehead atoms. The fraction of sp³-hybridized carbons (Fsp3) is 0.250. The van der Waals surface area contributed by atoms with Crippen molar-refractivity contribution in [3.8, 4) is 5.75 Å². The van der Waals surface area contributed by atoms with E-state index in [0.29, 0.717) is 16.3 Å². The lowest BCUT2D eigenvalue weighted by molar-refractivity contribution is 0.102. The van der Waals surface area contributed by atoms with Gasteiger partial charge in [-0.2, -0.15) is 8.42 Å². The van der Waals surface area contributed by atoms with Gasteiger partial charge < -0.3 is 4.18 Å². The molecule has 3 rings (SSSR count). The lowest BCUT2D eigenvalue weighted by Crippen LogP contribution is -2.13. The monoisotopic (exact) mass is 431 g/mol. The quantitative estimate of drug-likeness (QED) is 0.585. The van der Waals surface area contributed by atoms with Crippen LogP contribution in [0, 0.1) is 13.8 Å². The van der Waals surface area contributed by atoms with Gasteiger partial charge in [-0.25, -0.2) is 0 Å².